The Hall–Kier alpha value is -4.12. The summed E-state index contributed by atoms with van der Waals surface area (Å²) in [6, 6.07) is 12.5. The molecule has 6 heterocycles. The largest absolute Gasteiger partial charge is 0.496 e. The molecule has 3 N–H and O–H groups in total. The molecule has 2 aromatic heterocycles. The zero-order valence-corrected chi connectivity index (χ0v) is 31.7. The van der Waals surface area contributed by atoms with E-state index in [-0.39, 0.29) is 53.6 Å². The summed E-state index contributed by atoms with van der Waals surface area (Å²) in [5, 5.41) is 13.4. The molecular weight excluding hydrogens is 668 g/mol. The highest BCUT2D eigenvalue weighted by molar-refractivity contribution is 5.95. The average molecular weight is 721 g/mol. The number of H-pyrrole nitrogens is 2. The first kappa shape index (κ1) is 34.6. The van der Waals surface area contributed by atoms with Gasteiger partial charge >= 0.3 is 11.9 Å². The van der Waals surface area contributed by atoms with Crippen molar-refractivity contribution in [3.63, 3.8) is 0 Å². The Morgan fingerprint density at radius 3 is 2.58 bits per heavy atom. The molecule has 1 saturated carbocycles. The number of nitrogens with one attached hydrogen (secondary N) is 2. The lowest BCUT2D eigenvalue weighted by Gasteiger charge is -2.58. The van der Waals surface area contributed by atoms with Crippen LogP contribution in [0.5, 0.6) is 5.75 Å². The maximum Gasteiger partial charge on any atom is 0.319 e. The number of piperidine rings is 3. The van der Waals surface area contributed by atoms with Gasteiger partial charge in [0.15, 0.2) is 0 Å². The summed E-state index contributed by atoms with van der Waals surface area (Å²) in [4.78, 5) is 41.0. The van der Waals surface area contributed by atoms with E-state index >= 15 is 0 Å². The molecule has 6 aliphatic rings. The zero-order chi connectivity index (χ0) is 36.9. The molecule has 2 aromatic carbocycles. The van der Waals surface area contributed by atoms with Crippen molar-refractivity contribution in [2.24, 2.45) is 23.7 Å². The lowest BCUT2D eigenvalue weighted by molar-refractivity contribution is -0.166. The van der Waals surface area contributed by atoms with E-state index in [4.69, 9.17) is 14.2 Å². The van der Waals surface area contributed by atoms with Crippen LogP contribution in [-0.2, 0) is 37.3 Å². The number of aliphatic hydroxyl groups excluding tert-OH is 1. The Bertz CT molecular complexity index is 2150. The molecular formula is C43H52N4O6. The molecule has 53 heavy (non-hydrogen) atoms. The second-order valence-corrected chi connectivity index (χ2v) is 16.5. The number of methoxy groups -OCH3 is 3. The SMILES string of the molecule is C/C=C1\CN(C)[C@H]2Cc3c([nH]c4ccccc34)[C@@H](c3c(OC)ccc4c5c([nH]c34)[C@]3(C(=O)OC)C[C@H]4C[C@H]([C@H](C)O)[C@@H]3N(CC5)C4)C[C@@H]1[C@@H]2C(=O)OC. The number of fused-ring (bicyclic) bond motifs is 9. The van der Waals surface area contributed by atoms with Crippen molar-refractivity contribution >= 4 is 33.7 Å². The number of esters is 2. The number of allylic oxidation sites excluding steroid dienone is 1. The number of para-hydroxylation sites is 1. The molecule has 2 aliphatic carbocycles. The number of likely N-dealkylation sites (N-methyl/N-ethyl adjacent to an activating group) is 1. The average Bonchev–Trinajstić information content (AvgIpc) is 3.70. The number of aliphatic hydroxyl groups is 1. The summed E-state index contributed by atoms with van der Waals surface area (Å²) in [5.41, 5.74) is 7.83. The number of likely N-dealkylation sites (tertiary alicyclic amines) is 1. The number of rotatable bonds is 5. The van der Waals surface area contributed by atoms with Crippen LogP contribution >= 0.6 is 0 Å². The summed E-state index contributed by atoms with van der Waals surface area (Å²) >= 11 is 0. The molecule has 4 aliphatic heterocycles. The van der Waals surface area contributed by atoms with E-state index < -0.39 is 11.5 Å². The predicted octanol–water partition coefficient (Wildman–Crippen LogP) is 5.46. The monoisotopic (exact) mass is 720 g/mol. The minimum Gasteiger partial charge on any atom is -0.496 e. The fourth-order valence-electron chi connectivity index (χ4n) is 12.1. The molecule has 10 rings (SSSR count). The Labute approximate surface area is 310 Å². The quantitative estimate of drug-likeness (QED) is 0.184. The zero-order valence-electron chi connectivity index (χ0n) is 31.7. The lowest BCUT2D eigenvalue weighted by atomic mass is 9.56. The molecule has 4 fully saturated rings. The van der Waals surface area contributed by atoms with Crippen LogP contribution < -0.4 is 4.74 Å². The van der Waals surface area contributed by atoms with Gasteiger partial charge in [0.05, 0.1) is 38.9 Å². The highest BCUT2D eigenvalue weighted by atomic mass is 16.5. The molecule has 0 radical (unpaired) electrons. The van der Waals surface area contributed by atoms with Crippen molar-refractivity contribution in [3.05, 3.63) is 76.1 Å². The Morgan fingerprint density at radius 2 is 1.85 bits per heavy atom. The van der Waals surface area contributed by atoms with Crippen LogP contribution in [-0.4, -0.2) is 103 Å². The summed E-state index contributed by atoms with van der Waals surface area (Å²) in [5.74, 6) is 0.0283. The second kappa shape index (κ2) is 12.7. The molecule has 280 valence electrons. The Balaban J connectivity index is 1.32. The smallest absolute Gasteiger partial charge is 0.319 e. The highest BCUT2D eigenvalue weighted by Crippen LogP contribution is 2.57. The first-order valence-electron chi connectivity index (χ1n) is 19.4. The molecule has 3 saturated heterocycles. The number of benzene rings is 2. The van der Waals surface area contributed by atoms with E-state index in [0.717, 1.165) is 77.2 Å². The van der Waals surface area contributed by atoms with Gasteiger partial charge in [-0.3, -0.25) is 19.4 Å². The van der Waals surface area contributed by atoms with Crippen molar-refractivity contribution in [1.29, 1.82) is 0 Å². The van der Waals surface area contributed by atoms with Gasteiger partial charge in [0, 0.05) is 76.8 Å². The standard InChI is InChI=1S/C43H52N4O6/c1-7-24-21-46(3)33-18-30-25-10-8-9-11-32(25)44-37(30)31(17-29(24)35(33)41(49)52-5)36-34(51-4)13-12-26-27-14-15-47-20-23-16-28(22(2)48)40(47)43(19-23,42(50)53-6)39(27)45-38(26)36/h7-13,22-23,28-29,31,33,35,40,44-45,48H,14-21H2,1-6H3/b24-7+/t22-,23+,28+,29-,31+,33-,35-,40-,43+/m0/s1. The van der Waals surface area contributed by atoms with Crippen LogP contribution in [0.15, 0.2) is 48.0 Å². The maximum absolute atomic E-state index is 14.4. The first-order chi connectivity index (χ1) is 25.6. The van der Waals surface area contributed by atoms with Crippen molar-refractivity contribution in [2.75, 3.05) is 48.0 Å². The molecule has 10 nitrogen and oxygen atoms in total. The molecule has 4 aromatic rings. The van der Waals surface area contributed by atoms with Crippen LogP contribution in [0.3, 0.4) is 0 Å². The third-order valence-corrected chi connectivity index (χ3v) is 14.2. The molecule has 10 heteroatoms. The topological polar surface area (TPSA) is 120 Å². The Kier molecular flexibility index (Phi) is 8.33. The van der Waals surface area contributed by atoms with E-state index in [1.807, 2.05) is 6.92 Å². The summed E-state index contributed by atoms with van der Waals surface area (Å²) in [6.07, 6.45) is 5.39. The predicted molar refractivity (Wildman–Crippen MR) is 203 cm³/mol. The van der Waals surface area contributed by atoms with Crippen LogP contribution in [0, 0.1) is 23.7 Å². The van der Waals surface area contributed by atoms with E-state index in [9.17, 15) is 14.7 Å². The second-order valence-electron chi connectivity index (χ2n) is 16.5. The normalized spacial score (nSPS) is 33.5. The third kappa shape index (κ3) is 4.87. The van der Waals surface area contributed by atoms with Gasteiger partial charge in [-0.2, -0.15) is 0 Å². The van der Waals surface area contributed by atoms with Gasteiger partial charge in [0.25, 0.3) is 0 Å². The fourth-order valence-corrected chi connectivity index (χ4v) is 12.1. The number of carbonyl (C=O) groups is 2. The van der Waals surface area contributed by atoms with E-state index in [0.29, 0.717) is 19.3 Å². The van der Waals surface area contributed by atoms with E-state index in [2.05, 4.69) is 76.2 Å². The van der Waals surface area contributed by atoms with Gasteiger partial charge < -0.3 is 29.3 Å². The first-order valence-corrected chi connectivity index (χ1v) is 19.4. The summed E-state index contributed by atoms with van der Waals surface area (Å²) in [7, 11) is 6.87. The van der Waals surface area contributed by atoms with Gasteiger partial charge in [-0.25, -0.2) is 0 Å². The number of nitrogens with zero attached hydrogens (tertiary/aromatic N) is 2. The number of ether oxygens (including phenoxy) is 3. The van der Waals surface area contributed by atoms with Crippen LogP contribution in [0.25, 0.3) is 21.8 Å². The molecule has 0 amide bonds. The van der Waals surface area contributed by atoms with Crippen molar-refractivity contribution in [1.82, 2.24) is 19.8 Å². The minimum absolute atomic E-state index is 0.0271. The van der Waals surface area contributed by atoms with Gasteiger partial charge in [-0.1, -0.05) is 29.8 Å². The summed E-state index contributed by atoms with van der Waals surface area (Å²) < 4.78 is 17.6. The number of aromatic amines is 2. The Morgan fingerprint density at radius 1 is 1.04 bits per heavy atom. The molecule has 6 bridgehead atoms. The van der Waals surface area contributed by atoms with Crippen molar-refractivity contribution in [2.45, 2.75) is 75.5 Å². The molecule has 10 atom stereocenters. The third-order valence-electron chi connectivity index (χ3n) is 14.2. The van der Waals surface area contributed by atoms with Crippen molar-refractivity contribution < 1.29 is 28.9 Å². The number of aromatic nitrogens is 2. The van der Waals surface area contributed by atoms with Crippen molar-refractivity contribution in [3.8, 4) is 5.75 Å². The van der Waals surface area contributed by atoms with Crippen LogP contribution in [0.1, 0.15) is 67.1 Å². The number of hydrogen-bond donors (Lipinski definition) is 3. The van der Waals surface area contributed by atoms with Gasteiger partial charge in [-0.05, 0) is 94.2 Å². The maximum atomic E-state index is 14.4. The lowest BCUT2D eigenvalue weighted by Crippen LogP contribution is -2.68. The van der Waals surface area contributed by atoms with E-state index in [1.165, 1.54) is 30.7 Å². The number of hydrogen-bond acceptors (Lipinski definition) is 8. The van der Waals surface area contributed by atoms with Gasteiger partial charge in [0.1, 0.15) is 11.2 Å². The minimum atomic E-state index is -0.935. The van der Waals surface area contributed by atoms with Gasteiger partial charge in [0.2, 0.25) is 0 Å². The summed E-state index contributed by atoms with van der Waals surface area (Å²) in [6.45, 7) is 6.48. The highest BCUT2D eigenvalue weighted by Gasteiger charge is 2.64. The van der Waals surface area contributed by atoms with Gasteiger partial charge in [-0.15, -0.1) is 0 Å². The molecule has 0 spiro atoms. The van der Waals surface area contributed by atoms with Crippen LogP contribution in [0.4, 0.5) is 0 Å². The van der Waals surface area contributed by atoms with E-state index in [1.54, 1.807) is 7.11 Å². The van der Waals surface area contributed by atoms with Crippen LogP contribution in [0.2, 0.25) is 0 Å². The number of carbonyl (C=O) groups excluding carboxylic acids is 2. The fraction of sp³-hybridized carbons (Fsp3) is 0.535. The molecule has 1 unspecified atom stereocenters.